The van der Waals surface area contributed by atoms with Crippen molar-refractivity contribution in [1.29, 1.82) is 0 Å². The van der Waals surface area contributed by atoms with E-state index in [9.17, 15) is 18.3 Å². The van der Waals surface area contributed by atoms with Crippen LogP contribution in [0, 0.1) is 0 Å². The third-order valence-electron chi connectivity index (χ3n) is 2.38. The Morgan fingerprint density at radius 2 is 2.12 bits per heavy atom. The Balaban J connectivity index is 2.45. The second-order valence-corrected chi connectivity index (χ2v) is 5.30. The first-order valence-electron chi connectivity index (χ1n) is 5.27. The molecule has 0 amide bonds. The molecule has 17 heavy (non-hydrogen) atoms. The van der Waals surface area contributed by atoms with Crippen LogP contribution in [-0.4, -0.2) is 23.9 Å². The van der Waals surface area contributed by atoms with Crippen molar-refractivity contribution in [2.45, 2.75) is 38.1 Å². The Labute approximate surface area is 102 Å². The Kier molecular flexibility index (Phi) is 4.57. The highest BCUT2D eigenvalue weighted by atomic mass is 32.1. The van der Waals surface area contributed by atoms with E-state index in [-0.39, 0.29) is 6.54 Å². The van der Waals surface area contributed by atoms with Crippen molar-refractivity contribution in [3.8, 4) is 0 Å². The number of aliphatic hydroxyl groups is 1. The van der Waals surface area contributed by atoms with Crippen LogP contribution in [0.15, 0.2) is 17.5 Å². The molecule has 0 saturated heterocycles. The number of halogens is 3. The van der Waals surface area contributed by atoms with E-state index in [1.807, 2.05) is 5.38 Å². The van der Waals surface area contributed by atoms with Crippen molar-refractivity contribution < 1.29 is 18.3 Å². The lowest BCUT2D eigenvalue weighted by Crippen LogP contribution is -2.40. The van der Waals surface area contributed by atoms with E-state index in [0.717, 1.165) is 4.88 Å². The van der Waals surface area contributed by atoms with Crippen LogP contribution in [0.2, 0.25) is 0 Å². The fraction of sp³-hybridized carbons (Fsp3) is 0.636. The molecule has 0 aliphatic carbocycles. The van der Waals surface area contributed by atoms with Crippen molar-refractivity contribution in [2.75, 3.05) is 6.54 Å². The molecule has 0 saturated carbocycles. The lowest BCUT2D eigenvalue weighted by molar-refractivity contribution is -0.139. The summed E-state index contributed by atoms with van der Waals surface area (Å²) in [5.74, 6) is 0. The molecule has 2 unspecified atom stereocenters. The Bertz CT molecular complexity index is 335. The topological polar surface area (TPSA) is 32.3 Å². The largest absolute Gasteiger partial charge is 0.390 e. The predicted octanol–water partition coefficient (Wildman–Crippen LogP) is 2.89. The average molecular weight is 267 g/mol. The summed E-state index contributed by atoms with van der Waals surface area (Å²) < 4.78 is 36.3. The van der Waals surface area contributed by atoms with Gasteiger partial charge in [0, 0.05) is 17.5 Å². The summed E-state index contributed by atoms with van der Waals surface area (Å²) in [7, 11) is 0. The summed E-state index contributed by atoms with van der Waals surface area (Å²) in [5.41, 5.74) is -1.13. The van der Waals surface area contributed by atoms with Crippen LogP contribution in [0.3, 0.4) is 0 Å². The van der Waals surface area contributed by atoms with Gasteiger partial charge in [-0.15, -0.1) is 11.3 Å². The van der Waals surface area contributed by atoms with Crippen molar-refractivity contribution in [1.82, 2.24) is 5.32 Å². The lowest BCUT2D eigenvalue weighted by atomic mass is 10.0. The minimum absolute atomic E-state index is 0.102. The quantitative estimate of drug-likeness (QED) is 0.859. The van der Waals surface area contributed by atoms with E-state index in [2.05, 4.69) is 5.32 Å². The van der Waals surface area contributed by atoms with Crippen LogP contribution in [-0.2, 0) is 5.60 Å². The predicted molar refractivity (Wildman–Crippen MR) is 62.0 cm³/mol. The third kappa shape index (κ3) is 5.06. The summed E-state index contributed by atoms with van der Waals surface area (Å²) in [6.45, 7) is 3.15. The van der Waals surface area contributed by atoms with Crippen molar-refractivity contribution in [2.24, 2.45) is 0 Å². The molecular formula is C11H16F3NOS. The van der Waals surface area contributed by atoms with Gasteiger partial charge < -0.3 is 10.4 Å². The zero-order valence-corrected chi connectivity index (χ0v) is 10.5. The SMILES string of the molecule is CC(CC(F)(F)F)NCC(C)(O)c1cccs1. The molecule has 2 atom stereocenters. The van der Waals surface area contributed by atoms with Gasteiger partial charge in [-0.2, -0.15) is 13.2 Å². The molecule has 98 valence electrons. The first-order valence-corrected chi connectivity index (χ1v) is 6.15. The molecule has 2 N–H and O–H groups in total. The van der Waals surface area contributed by atoms with Gasteiger partial charge in [0.15, 0.2) is 0 Å². The van der Waals surface area contributed by atoms with Gasteiger partial charge in [0.05, 0.1) is 6.42 Å². The second kappa shape index (κ2) is 5.37. The Morgan fingerprint density at radius 3 is 2.59 bits per heavy atom. The van der Waals surface area contributed by atoms with E-state index in [1.54, 1.807) is 19.1 Å². The molecule has 6 heteroatoms. The first-order chi connectivity index (χ1) is 7.71. The maximum Gasteiger partial charge on any atom is 0.390 e. The van der Waals surface area contributed by atoms with Gasteiger partial charge >= 0.3 is 6.18 Å². The Hall–Kier alpha value is -0.590. The monoisotopic (exact) mass is 267 g/mol. The molecule has 0 aliphatic rings. The van der Waals surface area contributed by atoms with Crippen LogP contribution in [0.1, 0.15) is 25.1 Å². The number of nitrogens with one attached hydrogen (secondary N) is 1. The number of alkyl halides is 3. The number of rotatable bonds is 5. The summed E-state index contributed by atoms with van der Waals surface area (Å²) in [6.07, 6.45) is -5.07. The van der Waals surface area contributed by atoms with E-state index in [1.165, 1.54) is 18.3 Å². The van der Waals surface area contributed by atoms with E-state index < -0.39 is 24.2 Å². The standard InChI is InChI=1S/C11H16F3NOS/c1-8(6-11(12,13)14)15-7-10(2,16)9-4-3-5-17-9/h3-5,8,15-16H,6-7H2,1-2H3. The third-order valence-corrected chi connectivity index (χ3v) is 3.51. The molecular weight excluding hydrogens is 251 g/mol. The van der Waals surface area contributed by atoms with Crippen LogP contribution in [0.25, 0.3) is 0 Å². The van der Waals surface area contributed by atoms with Gasteiger partial charge in [-0.3, -0.25) is 0 Å². The summed E-state index contributed by atoms with van der Waals surface area (Å²) in [6, 6.07) is 2.86. The molecule has 0 spiro atoms. The summed E-state index contributed by atoms with van der Waals surface area (Å²) in [4.78, 5) is 0.740. The molecule has 0 aliphatic heterocycles. The van der Waals surface area contributed by atoms with Crippen LogP contribution in [0.4, 0.5) is 13.2 Å². The molecule has 0 fully saturated rings. The van der Waals surface area contributed by atoms with Gasteiger partial charge in [-0.05, 0) is 25.3 Å². The highest BCUT2D eigenvalue weighted by molar-refractivity contribution is 7.10. The van der Waals surface area contributed by atoms with Crippen molar-refractivity contribution >= 4 is 11.3 Å². The smallest absolute Gasteiger partial charge is 0.383 e. The normalized spacial score (nSPS) is 17.8. The molecule has 1 aromatic rings. The summed E-state index contributed by atoms with van der Waals surface area (Å²) in [5, 5.41) is 14.6. The van der Waals surface area contributed by atoms with Crippen molar-refractivity contribution in [3.63, 3.8) is 0 Å². The fourth-order valence-electron chi connectivity index (χ4n) is 1.46. The maximum absolute atomic E-state index is 12.1. The molecule has 0 bridgehead atoms. The Morgan fingerprint density at radius 1 is 1.47 bits per heavy atom. The lowest BCUT2D eigenvalue weighted by Gasteiger charge is -2.25. The molecule has 1 aromatic heterocycles. The molecule has 2 nitrogen and oxygen atoms in total. The molecule has 0 aromatic carbocycles. The number of thiophene rings is 1. The first kappa shape index (κ1) is 14.5. The van der Waals surface area contributed by atoms with Crippen LogP contribution < -0.4 is 5.32 Å². The van der Waals surface area contributed by atoms with E-state index >= 15 is 0 Å². The zero-order chi connectivity index (χ0) is 13.1. The van der Waals surface area contributed by atoms with E-state index in [4.69, 9.17) is 0 Å². The van der Waals surface area contributed by atoms with Gasteiger partial charge in [0.25, 0.3) is 0 Å². The van der Waals surface area contributed by atoms with Gasteiger partial charge in [0.2, 0.25) is 0 Å². The van der Waals surface area contributed by atoms with Gasteiger partial charge in [-0.25, -0.2) is 0 Å². The fourth-order valence-corrected chi connectivity index (χ4v) is 2.25. The molecule has 1 rings (SSSR count). The minimum Gasteiger partial charge on any atom is -0.383 e. The maximum atomic E-state index is 12.1. The second-order valence-electron chi connectivity index (χ2n) is 4.35. The van der Waals surface area contributed by atoms with Crippen LogP contribution in [0.5, 0.6) is 0 Å². The van der Waals surface area contributed by atoms with Crippen LogP contribution >= 0.6 is 11.3 Å². The number of hydrogen-bond donors (Lipinski definition) is 2. The van der Waals surface area contributed by atoms with Crippen molar-refractivity contribution in [3.05, 3.63) is 22.4 Å². The minimum atomic E-state index is -4.18. The number of hydrogen-bond acceptors (Lipinski definition) is 3. The molecule has 1 heterocycles. The zero-order valence-electron chi connectivity index (χ0n) is 9.71. The van der Waals surface area contributed by atoms with E-state index in [0.29, 0.717) is 0 Å². The highest BCUT2D eigenvalue weighted by Gasteiger charge is 2.31. The molecule has 0 radical (unpaired) electrons. The average Bonchev–Trinajstić information content (AvgIpc) is 2.65. The highest BCUT2D eigenvalue weighted by Crippen LogP contribution is 2.25. The van der Waals surface area contributed by atoms with Gasteiger partial charge in [-0.1, -0.05) is 6.07 Å². The van der Waals surface area contributed by atoms with Gasteiger partial charge in [0.1, 0.15) is 5.60 Å². The summed E-state index contributed by atoms with van der Waals surface area (Å²) >= 11 is 1.38.